The third-order valence-corrected chi connectivity index (χ3v) is 2.58. The monoisotopic (exact) mass is 236 g/mol. The molecule has 1 unspecified atom stereocenters. The van der Waals surface area contributed by atoms with E-state index in [0.29, 0.717) is 0 Å². The van der Waals surface area contributed by atoms with E-state index < -0.39 is 10.8 Å². The Bertz CT molecular complexity index is 443. The number of hydrogen-bond donors (Lipinski definition) is 1. The van der Waals surface area contributed by atoms with Gasteiger partial charge in [0.1, 0.15) is 5.56 Å². The second-order valence-corrected chi connectivity index (χ2v) is 4.06. The lowest BCUT2D eigenvalue weighted by Gasteiger charge is -2.11. The van der Waals surface area contributed by atoms with Crippen LogP contribution < -0.4 is 5.32 Å². The predicted molar refractivity (Wildman–Crippen MR) is 65.1 cm³/mol. The van der Waals surface area contributed by atoms with Crippen LogP contribution in [0.1, 0.15) is 36.2 Å². The third-order valence-electron chi connectivity index (χ3n) is 2.58. The highest BCUT2D eigenvalue weighted by molar-refractivity contribution is 5.98. The molecule has 0 spiro atoms. The number of carbonyl (C=O) groups excluding carboxylic acids is 1. The smallest absolute Gasteiger partial charge is 0.282 e. The molecule has 1 amide bonds. The summed E-state index contributed by atoms with van der Waals surface area (Å²) in [6.07, 6.45) is 0.783. The van der Waals surface area contributed by atoms with Crippen molar-refractivity contribution in [2.75, 3.05) is 0 Å². The maximum atomic E-state index is 11.9. The van der Waals surface area contributed by atoms with Gasteiger partial charge in [-0.2, -0.15) is 0 Å². The van der Waals surface area contributed by atoms with Crippen LogP contribution in [-0.2, 0) is 0 Å². The molecule has 0 aliphatic carbocycles. The van der Waals surface area contributed by atoms with E-state index in [1.807, 2.05) is 13.8 Å². The van der Waals surface area contributed by atoms with Crippen LogP contribution in [-0.4, -0.2) is 16.9 Å². The molecule has 1 atom stereocenters. The van der Waals surface area contributed by atoms with Gasteiger partial charge in [0.15, 0.2) is 0 Å². The van der Waals surface area contributed by atoms with Crippen molar-refractivity contribution in [1.82, 2.24) is 5.32 Å². The van der Waals surface area contributed by atoms with Gasteiger partial charge in [0.2, 0.25) is 0 Å². The molecule has 0 heterocycles. The fraction of sp³-hybridized carbons (Fsp3) is 0.417. The molecule has 5 heteroatoms. The number of nitrogens with one attached hydrogen (secondary N) is 1. The van der Waals surface area contributed by atoms with E-state index in [0.717, 1.165) is 12.0 Å². The average molecular weight is 236 g/mol. The number of carbonyl (C=O) groups is 1. The van der Waals surface area contributed by atoms with Crippen LogP contribution in [0.4, 0.5) is 5.69 Å². The first kappa shape index (κ1) is 13.2. The van der Waals surface area contributed by atoms with Gasteiger partial charge in [-0.05, 0) is 31.9 Å². The SMILES string of the molecule is CCC(C)NC(=O)c1cc(C)ccc1[N+](=O)[O-]. The van der Waals surface area contributed by atoms with Crippen LogP contribution >= 0.6 is 0 Å². The minimum absolute atomic E-state index is 0.00242. The summed E-state index contributed by atoms with van der Waals surface area (Å²) in [5.41, 5.74) is 0.789. The zero-order valence-electron chi connectivity index (χ0n) is 10.2. The fourth-order valence-electron chi connectivity index (χ4n) is 1.39. The Kier molecular flexibility index (Phi) is 4.20. The third kappa shape index (κ3) is 3.27. The van der Waals surface area contributed by atoms with E-state index in [1.54, 1.807) is 13.0 Å². The summed E-state index contributed by atoms with van der Waals surface area (Å²) in [6, 6.07) is 4.53. The molecule has 1 aromatic carbocycles. The lowest BCUT2D eigenvalue weighted by Crippen LogP contribution is -2.32. The molecular weight excluding hydrogens is 220 g/mol. The van der Waals surface area contributed by atoms with Crippen LogP contribution in [0.3, 0.4) is 0 Å². The Labute approximate surface area is 100.0 Å². The molecule has 5 nitrogen and oxygen atoms in total. The van der Waals surface area contributed by atoms with Crippen LogP contribution in [0.25, 0.3) is 0 Å². The van der Waals surface area contributed by atoms with Crippen LogP contribution in [0.15, 0.2) is 18.2 Å². The molecule has 0 saturated carbocycles. The standard InChI is InChI=1S/C12H16N2O3/c1-4-9(3)13-12(15)10-7-8(2)5-6-11(10)14(16)17/h5-7,9H,4H2,1-3H3,(H,13,15). The second-order valence-electron chi connectivity index (χ2n) is 4.06. The number of benzene rings is 1. The molecule has 17 heavy (non-hydrogen) atoms. The number of rotatable bonds is 4. The first-order valence-electron chi connectivity index (χ1n) is 5.51. The van der Waals surface area contributed by atoms with Crippen molar-refractivity contribution >= 4 is 11.6 Å². The molecule has 0 bridgehead atoms. The molecule has 0 radical (unpaired) electrons. The van der Waals surface area contributed by atoms with Gasteiger partial charge in [-0.1, -0.05) is 13.0 Å². The quantitative estimate of drug-likeness (QED) is 0.644. The normalized spacial score (nSPS) is 11.9. The molecular formula is C12H16N2O3. The Morgan fingerprint density at radius 3 is 2.71 bits per heavy atom. The molecule has 0 saturated heterocycles. The summed E-state index contributed by atoms with van der Waals surface area (Å²) in [6.45, 7) is 5.60. The van der Waals surface area contributed by atoms with Crippen molar-refractivity contribution in [3.8, 4) is 0 Å². The van der Waals surface area contributed by atoms with Crippen molar-refractivity contribution in [1.29, 1.82) is 0 Å². The Hall–Kier alpha value is -1.91. The van der Waals surface area contributed by atoms with E-state index in [4.69, 9.17) is 0 Å². The van der Waals surface area contributed by atoms with Gasteiger partial charge in [-0.25, -0.2) is 0 Å². The summed E-state index contributed by atoms with van der Waals surface area (Å²) in [7, 11) is 0. The molecule has 0 aromatic heterocycles. The Morgan fingerprint density at radius 2 is 2.18 bits per heavy atom. The molecule has 1 N–H and O–H groups in total. The summed E-state index contributed by atoms with van der Waals surface area (Å²) in [5, 5.41) is 13.5. The van der Waals surface area contributed by atoms with Gasteiger partial charge in [-0.15, -0.1) is 0 Å². The molecule has 92 valence electrons. The Morgan fingerprint density at radius 1 is 1.53 bits per heavy atom. The first-order chi connectivity index (χ1) is 7.95. The fourth-order valence-corrected chi connectivity index (χ4v) is 1.39. The van der Waals surface area contributed by atoms with Crippen molar-refractivity contribution in [3.63, 3.8) is 0 Å². The number of amides is 1. The number of nitro benzene ring substituents is 1. The summed E-state index contributed by atoms with van der Waals surface area (Å²) in [4.78, 5) is 22.2. The van der Waals surface area contributed by atoms with E-state index in [2.05, 4.69) is 5.32 Å². The van der Waals surface area contributed by atoms with Crippen LogP contribution in [0, 0.1) is 17.0 Å². The maximum Gasteiger partial charge on any atom is 0.282 e. The molecule has 0 aliphatic heterocycles. The molecule has 0 aliphatic rings. The van der Waals surface area contributed by atoms with Gasteiger partial charge < -0.3 is 5.32 Å². The van der Waals surface area contributed by atoms with Crippen LogP contribution in [0.2, 0.25) is 0 Å². The first-order valence-corrected chi connectivity index (χ1v) is 5.51. The maximum absolute atomic E-state index is 11.9. The summed E-state index contributed by atoms with van der Waals surface area (Å²) in [5.74, 6) is -0.394. The number of nitrogens with zero attached hydrogens (tertiary/aromatic N) is 1. The number of aryl methyl sites for hydroxylation is 1. The van der Waals surface area contributed by atoms with Crippen molar-refractivity contribution < 1.29 is 9.72 Å². The highest BCUT2D eigenvalue weighted by Gasteiger charge is 2.20. The topological polar surface area (TPSA) is 72.2 Å². The summed E-state index contributed by atoms with van der Waals surface area (Å²) >= 11 is 0. The second kappa shape index (κ2) is 5.43. The molecule has 0 fully saturated rings. The molecule has 1 rings (SSSR count). The Balaban J connectivity index is 3.06. The van der Waals surface area contributed by atoms with E-state index in [9.17, 15) is 14.9 Å². The van der Waals surface area contributed by atoms with Gasteiger partial charge in [0, 0.05) is 12.1 Å². The highest BCUT2D eigenvalue weighted by atomic mass is 16.6. The minimum Gasteiger partial charge on any atom is -0.349 e. The molecule has 1 aromatic rings. The van der Waals surface area contributed by atoms with E-state index >= 15 is 0 Å². The van der Waals surface area contributed by atoms with Crippen LogP contribution in [0.5, 0.6) is 0 Å². The van der Waals surface area contributed by atoms with Gasteiger partial charge in [0.25, 0.3) is 11.6 Å². The zero-order valence-corrected chi connectivity index (χ0v) is 10.2. The largest absolute Gasteiger partial charge is 0.349 e. The van der Waals surface area contributed by atoms with Gasteiger partial charge >= 0.3 is 0 Å². The average Bonchev–Trinajstić information content (AvgIpc) is 2.28. The summed E-state index contributed by atoms with van der Waals surface area (Å²) < 4.78 is 0. The number of nitro groups is 1. The lowest BCUT2D eigenvalue weighted by atomic mass is 10.1. The van der Waals surface area contributed by atoms with E-state index in [-0.39, 0.29) is 17.3 Å². The predicted octanol–water partition coefficient (Wildman–Crippen LogP) is 2.43. The van der Waals surface area contributed by atoms with Crippen molar-refractivity contribution in [2.45, 2.75) is 33.2 Å². The van der Waals surface area contributed by atoms with Gasteiger partial charge in [-0.3, -0.25) is 14.9 Å². The van der Waals surface area contributed by atoms with Crippen molar-refractivity contribution in [3.05, 3.63) is 39.4 Å². The number of hydrogen-bond acceptors (Lipinski definition) is 3. The minimum atomic E-state index is -0.537. The van der Waals surface area contributed by atoms with E-state index in [1.165, 1.54) is 12.1 Å². The lowest BCUT2D eigenvalue weighted by molar-refractivity contribution is -0.385. The van der Waals surface area contributed by atoms with Crippen molar-refractivity contribution in [2.24, 2.45) is 0 Å². The van der Waals surface area contributed by atoms with Gasteiger partial charge in [0.05, 0.1) is 4.92 Å². The highest BCUT2D eigenvalue weighted by Crippen LogP contribution is 2.19. The zero-order chi connectivity index (χ0) is 13.0.